The molecule has 5 heteroatoms. The van der Waals surface area contributed by atoms with Gasteiger partial charge in [-0.1, -0.05) is 61.2 Å². The van der Waals surface area contributed by atoms with Crippen molar-refractivity contribution in [3.8, 4) is 11.1 Å². The Morgan fingerprint density at radius 3 is 2.14 bits per heavy atom. The highest BCUT2D eigenvalue weighted by Gasteiger charge is 2.21. The monoisotopic (exact) mass is 381 g/mol. The Kier molecular flexibility index (Phi) is 6.99. The Morgan fingerprint density at radius 1 is 1.04 bits per heavy atom. The average Bonchev–Trinajstić information content (AvgIpc) is 2.61. The van der Waals surface area contributed by atoms with E-state index in [2.05, 4.69) is 11.9 Å². The second kappa shape index (κ2) is 9.22. The van der Waals surface area contributed by atoms with Crippen LogP contribution in [-0.4, -0.2) is 28.8 Å². The maximum absolute atomic E-state index is 12.1. The molecule has 0 aliphatic heterocycles. The summed E-state index contributed by atoms with van der Waals surface area (Å²) in [5.74, 6) is -1.07. The first kappa shape index (κ1) is 21.2. The highest BCUT2D eigenvalue weighted by atomic mass is 16.6. The van der Waals surface area contributed by atoms with Crippen LogP contribution in [0.2, 0.25) is 0 Å². The van der Waals surface area contributed by atoms with Crippen molar-refractivity contribution in [2.75, 3.05) is 0 Å². The Hall–Kier alpha value is -3.08. The predicted octanol–water partition coefficient (Wildman–Crippen LogP) is 4.82. The molecule has 28 heavy (non-hydrogen) atoms. The highest BCUT2D eigenvalue weighted by molar-refractivity contribution is 5.86. The van der Waals surface area contributed by atoms with E-state index in [1.807, 2.05) is 54.6 Å². The lowest BCUT2D eigenvalue weighted by Gasteiger charge is -2.24. The zero-order valence-corrected chi connectivity index (χ0v) is 16.6. The first-order chi connectivity index (χ1) is 13.1. The molecule has 0 heterocycles. The number of carbonyl (C=O) groups excluding carboxylic acids is 1. The fraction of sp³-hybridized carbons (Fsp3) is 0.304. The van der Waals surface area contributed by atoms with Gasteiger partial charge in [0.15, 0.2) is 0 Å². The molecule has 0 aromatic heterocycles. The fourth-order valence-electron chi connectivity index (χ4n) is 2.78. The van der Waals surface area contributed by atoms with E-state index in [4.69, 9.17) is 9.84 Å². The number of amides is 1. The van der Waals surface area contributed by atoms with Gasteiger partial charge in [0.25, 0.3) is 0 Å². The number of hydrogen-bond donors (Lipinski definition) is 2. The maximum atomic E-state index is 12.1. The van der Waals surface area contributed by atoms with E-state index < -0.39 is 23.7 Å². The lowest BCUT2D eigenvalue weighted by Crippen LogP contribution is -2.40. The lowest BCUT2D eigenvalue weighted by molar-refractivity contribution is -0.132. The Bertz CT molecular complexity index is 820. The molecule has 1 amide bonds. The van der Waals surface area contributed by atoms with E-state index in [0.29, 0.717) is 6.42 Å². The van der Waals surface area contributed by atoms with E-state index in [9.17, 15) is 9.59 Å². The minimum absolute atomic E-state index is 0.0435. The zero-order chi connectivity index (χ0) is 20.7. The second-order valence-corrected chi connectivity index (χ2v) is 7.72. The molecule has 0 aliphatic carbocycles. The number of aliphatic carboxylic acids is 1. The van der Waals surface area contributed by atoms with Gasteiger partial charge in [-0.2, -0.15) is 0 Å². The lowest BCUT2D eigenvalue weighted by atomic mass is 9.97. The van der Waals surface area contributed by atoms with Crippen LogP contribution >= 0.6 is 0 Å². The van der Waals surface area contributed by atoms with Crippen LogP contribution in [0.1, 0.15) is 32.8 Å². The molecule has 0 saturated carbocycles. The summed E-state index contributed by atoms with van der Waals surface area (Å²) in [5, 5.41) is 11.9. The molecule has 5 nitrogen and oxygen atoms in total. The minimum Gasteiger partial charge on any atom is -0.478 e. The van der Waals surface area contributed by atoms with Crippen LogP contribution in [0.25, 0.3) is 11.1 Å². The van der Waals surface area contributed by atoms with Gasteiger partial charge in [-0.3, -0.25) is 0 Å². The number of benzene rings is 2. The molecule has 148 valence electrons. The van der Waals surface area contributed by atoms with Crippen molar-refractivity contribution >= 4 is 12.1 Å². The van der Waals surface area contributed by atoms with Crippen LogP contribution in [0, 0.1) is 0 Å². The Labute approximate surface area is 166 Å². The van der Waals surface area contributed by atoms with Crippen LogP contribution in [0.4, 0.5) is 4.79 Å². The summed E-state index contributed by atoms with van der Waals surface area (Å²) < 4.78 is 5.30. The van der Waals surface area contributed by atoms with Crippen molar-refractivity contribution in [1.29, 1.82) is 0 Å². The van der Waals surface area contributed by atoms with Gasteiger partial charge < -0.3 is 15.2 Å². The summed E-state index contributed by atoms with van der Waals surface area (Å²) in [4.78, 5) is 23.3. The summed E-state index contributed by atoms with van der Waals surface area (Å²) in [6, 6.07) is 17.6. The normalized spacial score (nSPS) is 12.1. The standard InChI is InChI=1S/C23H27NO4/c1-16(21(25)26)14-20(24-22(27)28-23(2,3)4)15-17-10-12-19(13-11-17)18-8-6-5-7-9-18/h5-13,20H,1,14-15H2,2-4H3,(H,24,27)(H,25,26). The number of alkyl carbamates (subject to hydrolysis) is 1. The third kappa shape index (κ3) is 6.91. The molecule has 2 rings (SSSR count). The molecule has 0 saturated heterocycles. The highest BCUT2D eigenvalue weighted by Crippen LogP contribution is 2.20. The Morgan fingerprint density at radius 2 is 1.61 bits per heavy atom. The van der Waals surface area contributed by atoms with Crippen molar-refractivity contribution in [2.45, 2.75) is 45.3 Å². The van der Waals surface area contributed by atoms with Crippen LogP contribution < -0.4 is 5.32 Å². The summed E-state index contributed by atoms with van der Waals surface area (Å²) in [5.41, 5.74) is 2.61. The van der Waals surface area contributed by atoms with Crippen molar-refractivity contribution < 1.29 is 19.4 Å². The number of ether oxygens (including phenoxy) is 1. The molecule has 0 bridgehead atoms. The number of carbonyl (C=O) groups is 2. The quantitative estimate of drug-likeness (QED) is 0.674. The smallest absolute Gasteiger partial charge is 0.407 e. The number of hydrogen-bond acceptors (Lipinski definition) is 3. The first-order valence-corrected chi connectivity index (χ1v) is 9.19. The van der Waals surface area contributed by atoms with Crippen molar-refractivity contribution in [3.05, 3.63) is 72.3 Å². The number of carboxylic acid groups (broad SMARTS) is 1. The molecule has 0 spiro atoms. The molecule has 1 atom stereocenters. The van der Waals surface area contributed by atoms with Gasteiger partial charge in [-0.25, -0.2) is 9.59 Å². The van der Waals surface area contributed by atoms with Gasteiger partial charge in [0.05, 0.1) is 0 Å². The zero-order valence-electron chi connectivity index (χ0n) is 16.6. The third-order valence-corrected chi connectivity index (χ3v) is 4.06. The molecule has 0 aliphatic rings. The second-order valence-electron chi connectivity index (χ2n) is 7.72. The van der Waals surface area contributed by atoms with Crippen LogP contribution in [0.3, 0.4) is 0 Å². The minimum atomic E-state index is -1.07. The summed E-state index contributed by atoms with van der Waals surface area (Å²) >= 11 is 0. The van der Waals surface area contributed by atoms with Crippen molar-refractivity contribution in [3.63, 3.8) is 0 Å². The van der Waals surface area contributed by atoms with E-state index in [-0.39, 0.29) is 12.0 Å². The molecule has 0 radical (unpaired) electrons. The largest absolute Gasteiger partial charge is 0.478 e. The summed E-state index contributed by atoms with van der Waals surface area (Å²) in [7, 11) is 0. The van der Waals surface area contributed by atoms with Gasteiger partial charge in [0.1, 0.15) is 5.60 Å². The van der Waals surface area contributed by atoms with Crippen molar-refractivity contribution in [2.24, 2.45) is 0 Å². The van der Waals surface area contributed by atoms with Gasteiger partial charge in [-0.15, -0.1) is 0 Å². The first-order valence-electron chi connectivity index (χ1n) is 9.19. The molecule has 0 fully saturated rings. The predicted molar refractivity (Wildman–Crippen MR) is 110 cm³/mol. The van der Waals surface area contributed by atoms with E-state index in [1.54, 1.807) is 20.8 Å². The number of carboxylic acids is 1. The summed E-state index contributed by atoms with van der Waals surface area (Å²) in [6.07, 6.45) is 0.0342. The molecule has 2 aromatic carbocycles. The van der Waals surface area contributed by atoms with Gasteiger partial charge in [0, 0.05) is 11.6 Å². The van der Waals surface area contributed by atoms with E-state index >= 15 is 0 Å². The van der Waals surface area contributed by atoms with Gasteiger partial charge >= 0.3 is 12.1 Å². The van der Waals surface area contributed by atoms with Gasteiger partial charge in [-0.05, 0) is 50.3 Å². The van der Waals surface area contributed by atoms with Crippen LogP contribution in [0.15, 0.2) is 66.7 Å². The molecule has 2 aromatic rings. The van der Waals surface area contributed by atoms with Gasteiger partial charge in [0.2, 0.25) is 0 Å². The topological polar surface area (TPSA) is 75.6 Å². The van der Waals surface area contributed by atoms with E-state index in [1.165, 1.54) is 0 Å². The fourth-order valence-corrected chi connectivity index (χ4v) is 2.78. The van der Waals surface area contributed by atoms with Crippen LogP contribution in [-0.2, 0) is 16.0 Å². The number of rotatable bonds is 7. The molecular formula is C23H27NO4. The van der Waals surface area contributed by atoms with E-state index in [0.717, 1.165) is 16.7 Å². The Balaban J connectivity index is 2.11. The number of nitrogens with one attached hydrogen (secondary N) is 1. The summed E-state index contributed by atoms with van der Waals surface area (Å²) in [6.45, 7) is 8.91. The molecule has 2 N–H and O–H groups in total. The van der Waals surface area contributed by atoms with Crippen molar-refractivity contribution in [1.82, 2.24) is 5.32 Å². The third-order valence-electron chi connectivity index (χ3n) is 4.06. The molecule has 1 unspecified atom stereocenters. The SMILES string of the molecule is C=C(CC(Cc1ccc(-c2ccccc2)cc1)NC(=O)OC(C)(C)C)C(=O)O. The maximum Gasteiger partial charge on any atom is 0.407 e. The average molecular weight is 381 g/mol. The molecular weight excluding hydrogens is 354 g/mol. The van der Waals surface area contributed by atoms with Crippen LogP contribution in [0.5, 0.6) is 0 Å².